The van der Waals surface area contributed by atoms with Crippen molar-refractivity contribution in [1.82, 2.24) is 0 Å². The molecular weight excluding hydrogens is 230 g/mol. The molecule has 1 heterocycles. The molecule has 0 saturated carbocycles. The lowest BCUT2D eigenvalue weighted by molar-refractivity contribution is 0.435. The Bertz CT molecular complexity index is 602. The molecule has 0 radical (unpaired) electrons. The summed E-state index contributed by atoms with van der Waals surface area (Å²) in [4.78, 5) is 0. The number of rotatable bonds is 2. The fourth-order valence-corrected chi connectivity index (χ4v) is 1.52. The minimum absolute atomic E-state index is 0.0300. The van der Waals surface area contributed by atoms with Gasteiger partial charge in [0.15, 0.2) is 11.3 Å². The van der Waals surface area contributed by atoms with Gasteiger partial charge in [-0.25, -0.2) is 4.39 Å². The van der Waals surface area contributed by atoms with Gasteiger partial charge in [0.05, 0.1) is 6.26 Å². The molecule has 0 spiro atoms. The maximum absolute atomic E-state index is 12.9. The molecule has 0 amide bonds. The molecule has 80 valence electrons. The summed E-state index contributed by atoms with van der Waals surface area (Å²) in [6, 6.07) is 3.23. The maximum atomic E-state index is 12.9. The normalized spacial score (nSPS) is 11.9. The Morgan fingerprint density at radius 3 is 2.73 bits per heavy atom. The Kier molecular flexibility index (Phi) is 2.11. The highest BCUT2D eigenvalue weighted by atomic mass is 32.3. The van der Waals surface area contributed by atoms with E-state index < -0.39 is 22.1 Å². The summed E-state index contributed by atoms with van der Waals surface area (Å²) in [5.74, 6) is -1.26. The summed E-state index contributed by atoms with van der Waals surface area (Å²) < 4.78 is 54.3. The minimum Gasteiger partial charge on any atom is -0.460 e. The summed E-state index contributed by atoms with van der Waals surface area (Å²) in [5, 5.41) is 0.286. The Morgan fingerprint density at radius 2 is 2.07 bits per heavy atom. The smallest absolute Gasteiger partial charge is 0.460 e. The highest BCUT2D eigenvalue weighted by molar-refractivity contribution is 7.81. The Labute approximate surface area is 83.5 Å². The summed E-state index contributed by atoms with van der Waals surface area (Å²) >= 11 is 0. The predicted molar refractivity (Wildman–Crippen MR) is 46.8 cm³/mol. The molecule has 4 nitrogen and oxygen atoms in total. The van der Waals surface area contributed by atoms with Gasteiger partial charge >= 0.3 is 10.5 Å². The van der Waals surface area contributed by atoms with Crippen LogP contribution >= 0.6 is 0 Å². The summed E-state index contributed by atoms with van der Waals surface area (Å²) in [6.45, 7) is 0. The van der Waals surface area contributed by atoms with E-state index >= 15 is 0 Å². The van der Waals surface area contributed by atoms with E-state index in [1.807, 2.05) is 0 Å². The first-order valence-electron chi connectivity index (χ1n) is 3.76. The third kappa shape index (κ3) is 2.07. The van der Waals surface area contributed by atoms with Gasteiger partial charge in [-0.3, -0.25) is 0 Å². The van der Waals surface area contributed by atoms with E-state index in [0.29, 0.717) is 0 Å². The van der Waals surface area contributed by atoms with Crippen molar-refractivity contribution in [3.05, 3.63) is 30.3 Å². The molecule has 2 aromatic rings. The van der Waals surface area contributed by atoms with Gasteiger partial charge in [-0.15, -0.1) is 0 Å². The molecule has 0 N–H and O–H groups in total. The molecule has 0 fully saturated rings. The lowest BCUT2D eigenvalue weighted by atomic mass is 10.2. The van der Waals surface area contributed by atoms with Crippen molar-refractivity contribution in [1.29, 1.82) is 0 Å². The number of furan rings is 1. The SMILES string of the molecule is O=S(=O)(F)Oc1cc(F)cc2ccoc12. The van der Waals surface area contributed by atoms with E-state index in [9.17, 15) is 16.7 Å². The van der Waals surface area contributed by atoms with E-state index in [1.54, 1.807) is 0 Å². The fourth-order valence-electron chi connectivity index (χ4n) is 1.18. The molecule has 2 rings (SSSR count). The second-order valence-electron chi connectivity index (χ2n) is 2.72. The third-order valence-electron chi connectivity index (χ3n) is 1.67. The molecule has 0 atom stereocenters. The molecule has 0 saturated heterocycles. The zero-order valence-corrected chi connectivity index (χ0v) is 7.92. The van der Waals surface area contributed by atoms with Crippen LogP contribution in [-0.2, 0) is 10.5 Å². The van der Waals surface area contributed by atoms with Gasteiger partial charge in [0.2, 0.25) is 0 Å². The molecule has 0 aliphatic carbocycles. The van der Waals surface area contributed by atoms with E-state index in [0.717, 1.165) is 12.1 Å². The quantitative estimate of drug-likeness (QED) is 0.747. The Balaban J connectivity index is 2.63. The first kappa shape index (κ1) is 9.91. The molecule has 1 aromatic carbocycles. The average molecular weight is 234 g/mol. The van der Waals surface area contributed by atoms with Crippen LogP contribution in [0.5, 0.6) is 5.75 Å². The Morgan fingerprint density at radius 1 is 1.33 bits per heavy atom. The van der Waals surface area contributed by atoms with Gasteiger partial charge in [-0.05, 0) is 12.1 Å². The van der Waals surface area contributed by atoms with Gasteiger partial charge in [-0.1, -0.05) is 3.89 Å². The number of benzene rings is 1. The highest BCUT2D eigenvalue weighted by Crippen LogP contribution is 2.29. The summed E-state index contributed by atoms with van der Waals surface area (Å²) in [6.07, 6.45) is 1.21. The van der Waals surface area contributed by atoms with Crippen molar-refractivity contribution < 1.29 is 25.3 Å². The van der Waals surface area contributed by atoms with E-state index in [-0.39, 0.29) is 11.0 Å². The first-order chi connectivity index (χ1) is 6.96. The monoisotopic (exact) mass is 234 g/mol. The lowest BCUT2D eigenvalue weighted by Crippen LogP contribution is -2.01. The third-order valence-corrected chi connectivity index (χ3v) is 2.05. The molecule has 0 aliphatic rings. The topological polar surface area (TPSA) is 56.5 Å². The van der Waals surface area contributed by atoms with E-state index in [2.05, 4.69) is 4.18 Å². The fraction of sp³-hybridized carbons (Fsp3) is 0. The Hall–Kier alpha value is -1.63. The zero-order chi connectivity index (χ0) is 11.1. The first-order valence-corrected chi connectivity index (χ1v) is 5.07. The van der Waals surface area contributed by atoms with Crippen molar-refractivity contribution in [2.45, 2.75) is 0 Å². The van der Waals surface area contributed by atoms with Crippen LogP contribution in [-0.4, -0.2) is 8.42 Å². The van der Waals surface area contributed by atoms with Gasteiger partial charge < -0.3 is 8.60 Å². The molecule has 1 aromatic heterocycles. The van der Waals surface area contributed by atoms with Crippen LogP contribution in [0.3, 0.4) is 0 Å². The average Bonchev–Trinajstić information content (AvgIpc) is 2.48. The van der Waals surface area contributed by atoms with Crippen molar-refractivity contribution in [3.8, 4) is 5.75 Å². The number of fused-ring (bicyclic) bond motifs is 1. The molecule has 0 unspecified atom stereocenters. The second-order valence-corrected chi connectivity index (χ2v) is 3.67. The van der Waals surface area contributed by atoms with Gasteiger partial charge in [0, 0.05) is 11.5 Å². The van der Waals surface area contributed by atoms with E-state index in [1.165, 1.54) is 12.3 Å². The predicted octanol–water partition coefficient (Wildman–Crippen LogP) is 2.17. The van der Waals surface area contributed by atoms with Crippen LogP contribution in [0.4, 0.5) is 8.28 Å². The summed E-state index contributed by atoms with van der Waals surface area (Å²) in [7, 11) is -5.19. The molecule has 7 heteroatoms. The van der Waals surface area contributed by atoms with Gasteiger partial charge in [0.25, 0.3) is 0 Å². The van der Waals surface area contributed by atoms with Crippen molar-refractivity contribution in [3.63, 3.8) is 0 Å². The van der Waals surface area contributed by atoms with E-state index in [4.69, 9.17) is 4.42 Å². The standard InChI is InChI=1S/C8H4F2O4S/c9-6-3-5-1-2-13-8(5)7(4-6)14-15(10,11)12/h1-4H. The van der Waals surface area contributed by atoms with Crippen LogP contribution < -0.4 is 4.18 Å². The number of hydrogen-bond acceptors (Lipinski definition) is 4. The van der Waals surface area contributed by atoms with Crippen LogP contribution in [0.2, 0.25) is 0 Å². The van der Waals surface area contributed by atoms with Crippen molar-refractivity contribution in [2.75, 3.05) is 0 Å². The summed E-state index contributed by atoms with van der Waals surface area (Å²) in [5.41, 5.74) is -0.0300. The number of halogens is 2. The van der Waals surface area contributed by atoms with Crippen LogP contribution in [0.25, 0.3) is 11.0 Å². The van der Waals surface area contributed by atoms with Gasteiger partial charge in [-0.2, -0.15) is 8.42 Å². The maximum Gasteiger partial charge on any atom is 0.488 e. The van der Waals surface area contributed by atoms with Crippen molar-refractivity contribution in [2.24, 2.45) is 0 Å². The van der Waals surface area contributed by atoms with Gasteiger partial charge in [0.1, 0.15) is 5.82 Å². The number of hydrogen-bond donors (Lipinski definition) is 0. The minimum atomic E-state index is -5.19. The molecule has 15 heavy (non-hydrogen) atoms. The lowest BCUT2D eigenvalue weighted by Gasteiger charge is -2.00. The van der Waals surface area contributed by atoms with Crippen LogP contribution in [0.1, 0.15) is 0 Å². The zero-order valence-electron chi connectivity index (χ0n) is 7.11. The molecule has 0 bridgehead atoms. The molecule has 0 aliphatic heterocycles. The van der Waals surface area contributed by atoms with Crippen molar-refractivity contribution >= 4 is 21.5 Å². The molecular formula is C8H4F2O4S. The highest BCUT2D eigenvalue weighted by Gasteiger charge is 2.15. The second kappa shape index (κ2) is 3.20. The largest absolute Gasteiger partial charge is 0.488 e. The van der Waals surface area contributed by atoms with Crippen LogP contribution in [0.15, 0.2) is 28.9 Å². The van der Waals surface area contributed by atoms with Crippen LogP contribution in [0, 0.1) is 5.82 Å².